The minimum atomic E-state index is -4.48. The first kappa shape index (κ1) is 25.4. The molecule has 0 radical (unpaired) electrons. The maximum absolute atomic E-state index is 13.4. The molecule has 3 aromatic rings. The van der Waals surface area contributed by atoms with Gasteiger partial charge in [0.05, 0.1) is 16.8 Å². The molecular formula is C24H26BrF3N6S. The van der Waals surface area contributed by atoms with Gasteiger partial charge in [-0.15, -0.1) is 0 Å². The lowest BCUT2D eigenvalue weighted by Crippen LogP contribution is -2.42. The second kappa shape index (κ2) is 10.5. The van der Waals surface area contributed by atoms with Gasteiger partial charge in [-0.25, -0.2) is 4.98 Å². The van der Waals surface area contributed by atoms with E-state index in [9.17, 15) is 13.2 Å². The van der Waals surface area contributed by atoms with Crippen LogP contribution in [0.3, 0.4) is 0 Å². The molecule has 1 heterocycles. The largest absolute Gasteiger partial charge is 0.418 e. The lowest BCUT2D eigenvalue weighted by Gasteiger charge is -2.31. The van der Waals surface area contributed by atoms with Crippen LogP contribution in [-0.2, 0) is 6.18 Å². The maximum atomic E-state index is 13.4. The van der Waals surface area contributed by atoms with E-state index in [2.05, 4.69) is 36.9 Å². The lowest BCUT2D eigenvalue weighted by molar-refractivity contribution is -0.136. The van der Waals surface area contributed by atoms with Crippen molar-refractivity contribution in [3.05, 3.63) is 52.5 Å². The Balaban J connectivity index is 1.34. The summed E-state index contributed by atoms with van der Waals surface area (Å²) < 4.78 is 40.5. The van der Waals surface area contributed by atoms with E-state index in [0.29, 0.717) is 10.4 Å². The Morgan fingerprint density at radius 3 is 2.40 bits per heavy atom. The Hall–Kier alpha value is -2.66. The molecule has 0 spiro atoms. The summed E-state index contributed by atoms with van der Waals surface area (Å²) in [6.07, 6.45) is -1.12. The molecule has 0 bridgehead atoms. The highest BCUT2D eigenvalue weighted by molar-refractivity contribution is 9.10. The summed E-state index contributed by atoms with van der Waals surface area (Å²) in [5, 5.41) is 10.5. The average molecular weight is 567 g/mol. The number of halogens is 4. The van der Waals surface area contributed by atoms with Gasteiger partial charge in [0.2, 0.25) is 5.95 Å². The van der Waals surface area contributed by atoms with Crippen molar-refractivity contribution in [3.63, 3.8) is 0 Å². The van der Waals surface area contributed by atoms with Crippen LogP contribution in [0.25, 0.3) is 10.9 Å². The lowest BCUT2D eigenvalue weighted by atomic mass is 9.91. The fraction of sp³-hybridized carbons (Fsp3) is 0.375. The number of nitrogens with one attached hydrogen (secondary N) is 3. The molecule has 35 heavy (non-hydrogen) atoms. The van der Waals surface area contributed by atoms with Gasteiger partial charge in [-0.3, -0.25) is 0 Å². The van der Waals surface area contributed by atoms with Gasteiger partial charge >= 0.3 is 6.18 Å². The summed E-state index contributed by atoms with van der Waals surface area (Å²) >= 11 is 8.40. The molecule has 0 atom stereocenters. The molecule has 1 aliphatic rings. The summed E-state index contributed by atoms with van der Waals surface area (Å²) in [6, 6.07) is 12.1. The minimum absolute atomic E-state index is 0.0706. The zero-order chi connectivity index (χ0) is 25.2. The number of fused-ring (bicyclic) bond motifs is 1. The van der Waals surface area contributed by atoms with Gasteiger partial charge in [0.1, 0.15) is 5.82 Å². The molecule has 1 fully saturated rings. The molecule has 0 saturated heterocycles. The van der Waals surface area contributed by atoms with Crippen LogP contribution in [0.5, 0.6) is 0 Å². The molecule has 1 aliphatic carbocycles. The molecule has 2 aromatic carbocycles. The molecule has 0 unspecified atom stereocenters. The Kier molecular flexibility index (Phi) is 7.65. The predicted octanol–water partition coefficient (Wildman–Crippen LogP) is 6.19. The van der Waals surface area contributed by atoms with Crippen molar-refractivity contribution in [2.75, 3.05) is 29.6 Å². The number of alkyl halides is 3. The molecule has 1 saturated carbocycles. The molecular weight excluding hydrogens is 541 g/mol. The van der Waals surface area contributed by atoms with E-state index in [1.165, 1.54) is 6.07 Å². The Morgan fingerprint density at radius 2 is 1.71 bits per heavy atom. The molecule has 0 aliphatic heterocycles. The maximum Gasteiger partial charge on any atom is 0.418 e. The number of benzene rings is 2. The number of hydrogen-bond acceptors (Lipinski definition) is 5. The van der Waals surface area contributed by atoms with E-state index in [1.807, 2.05) is 43.3 Å². The van der Waals surface area contributed by atoms with Crippen molar-refractivity contribution in [1.29, 1.82) is 0 Å². The van der Waals surface area contributed by atoms with E-state index in [-0.39, 0.29) is 22.9 Å². The zero-order valence-electron chi connectivity index (χ0n) is 19.3. The average Bonchev–Trinajstić information content (AvgIpc) is 2.80. The van der Waals surface area contributed by atoms with Crippen molar-refractivity contribution in [3.8, 4) is 0 Å². The van der Waals surface area contributed by atoms with Crippen molar-refractivity contribution < 1.29 is 13.2 Å². The highest BCUT2D eigenvalue weighted by atomic mass is 79.9. The smallest absolute Gasteiger partial charge is 0.362 e. The first-order valence-electron chi connectivity index (χ1n) is 11.2. The van der Waals surface area contributed by atoms with Crippen LogP contribution < -0.4 is 20.9 Å². The third-order valence-corrected chi connectivity index (χ3v) is 6.65. The Morgan fingerprint density at radius 1 is 1.03 bits per heavy atom. The van der Waals surface area contributed by atoms with Gasteiger partial charge in [0.15, 0.2) is 5.11 Å². The number of aromatic nitrogens is 2. The standard InChI is InChI=1S/C24H26BrF3N6S/c1-34(2)21-17-5-3-4-6-19(17)31-22(33-21)29-15-8-10-16(11-9-15)30-23(35)32-20-12-7-14(25)13-18(20)24(26,27)28/h3-7,12-13,15-16H,8-11H2,1-2H3,(H,29,31,33)(H2,30,32,35). The van der Waals surface area contributed by atoms with Crippen LogP contribution in [0.4, 0.5) is 30.6 Å². The second-order valence-electron chi connectivity index (χ2n) is 8.76. The number of para-hydroxylation sites is 1. The number of anilines is 3. The fourth-order valence-corrected chi connectivity index (χ4v) is 4.87. The zero-order valence-corrected chi connectivity index (χ0v) is 21.7. The van der Waals surface area contributed by atoms with Gasteiger partial charge in [-0.05, 0) is 68.2 Å². The second-order valence-corrected chi connectivity index (χ2v) is 10.1. The van der Waals surface area contributed by atoms with E-state index in [0.717, 1.165) is 48.5 Å². The summed E-state index contributed by atoms with van der Waals surface area (Å²) in [4.78, 5) is 11.3. The Labute approximate surface area is 215 Å². The van der Waals surface area contributed by atoms with Crippen molar-refractivity contribution >= 4 is 61.6 Å². The predicted molar refractivity (Wildman–Crippen MR) is 142 cm³/mol. The third-order valence-electron chi connectivity index (χ3n) is 5.94. The third kappa shape index (κ3) is 6.32. The normalized spacial score (nSPS) is 18.2. The number of thiocarbonyl (C=S) groups is 1. The Bertz CT molecular complexity index is 1210. The molecule has 6 nitrogen and oxygen atoms in total. The first-order chi connectivity index (χ1) is 16.6. The summed E-state index contributed by atoms with van der Waals surface area (Å²) in [5.74, 6) is 1.45. The quantitative estimate of drug-likeness (QED) is 0.318. The fourth-order valence-electron chi connectivity index (χ4n) is 4.23. The van der Waals surface area contributed by atoms with Crippen molar-refractivity contribution in [2.45, 2.75) is 43.9 Å². The number of rotatable bonds is 5. The summed E-state index contributed by atoms with van der Waals surface area (Å²) in [5.41, 5.74) is 0.0433. The van der Waals surface area contributed by atoms with Crippen LogP contribution in [-0.4, -0.2) is 41.3 Å². The van der Waals surface area contributed by atoms with Gasteiger partial charge in [-0.1, -0.05) is 28.1 Å². The molecule has 0 amide bonds. The number of hydrogen-bond donors (Lipinski definition) is 3. The molecule has 3 N–H and O–H groups in total. The number of nitrogens with zero attached hydrogens (tertiary/aromatic N) is 3. The SMILES string of the molecule is CN(C)c1nc(NC2CCC(NC(=S)Nc3ccc(Br)cc3C(F)(F)F)CC2)nc2ccccc12. The van der Waals surface area contributed by atoms with Gasteiger partial charge in [0.25, 0.3) is 0 Å². The molecule has 4 rings (SSSR count). The van der Waals surface area contributed by atoms with Crippen molar-refractivity contribution in [2.24, 2.45) is 0 Å². The molecule has 11 heteroatoms. The van der Waals surface area contributed by atoms with Crippen LogP contribution in [0.1, 0.15) is 31.2 Å². The van der Waals surface area contributed by atoms with Gasteiger partial charge in [-0.2, -0.15) is 18.2 Å². The van der Waals surface area contributed by atoms with Crippen LogP contribution in [0.15, 0.2) is 46.9 Å². The van der Waals surface area contributed by atoms with E-state index < -0.39 is 11.7 Å². The topological polar surface area (TPSA) is 65.1 Å². The van der Waals surface area contributed by atoms with Crippen molar-refractivity contribution in [1.82, 2.24) is 15.3 Å². The highest BCUT2D eigenvalue weighted by Gasteiger charge is 2.34. The summed E-state index contributed by atoms with van der Waals surface area (Å²) in [6.45, 7) is 0. The summed E-state index contributed by atoms with van der Waals surface area (Å²) in [7, 11) is 3.91. The monoisotopic (exact) mass is 566 g/mol. The van der Waals surface area contributed by atoms with Crippen LogP contribution >= 0.6 is 28.1 Å². The van der Waals surface area contributed by atoms with Gasteiger partial charge in [0, 0.05) is 36.0 Å². The molecule has 1 aromatic heterocycles. The van der Waals surface area contributed by atoms with E-state index in [1.54, 1.807) is 6.07 Å². The van der Waals surface area contributed by atoms with Crippen LogP contribution in [0, 0.1) is 0 Å². The first-order valence-corrected chi connectivity index (χ1v) is 12.4. The van der Waals surface area contributed by atoms with E-state index in [4.69, 9.17) is 17.2 Å². The minimum Gasteiger partial charge on any atom is -0.362 e. The molecule has 186 valence electrons. The van der Waals surface area contributed by atoms with Gasteiger partial charge < -0.3 is 20.9 Å². The highest BCUT2D eigenvalue weighted by Crippen LogP contribution is 2.36. The van der Waals surface area contributed by atoms with Crippen LogP contribution in [0.2, 0.25) is 0 Å². The van der Waals surface area contributed by atoms with E-state index >= 15 is 0 Å².